The van der Waals surface area contributed by atoms with Crippen molar-refractivity contribution in [2.75, 3.05) is 0 Å². The fraction of sp³-hybridized carbons (Fsp3) is 1.00. The van der Waals surface area contributed by atoms with Gasteiger partial charge in [0.2, 0.25) is 0 Å². The Bertz CT molecular complexity index is 55.7. The first-order valence-electron chi connectivity index (χ1n) is 1.68. The van der Waals surface area contributed by atoms with Crippen LogP contribution in [0.3, 0.4) is 0 Å². The number of alkyl halides is 3. The van der Waals surface area contributed by atoms with Crippen LogP contribution >= 0.6 is 0 Å². The summed E-state index contributed by atoms with van der Waals surface area (Å²) in [7, 11) is 0. The molecule has 0 N–H and O–H groups in total. The predicted octanol–water partition coefficient (Wildman–Crippen LogP) is 1.84. The fourth-order valence-corrected chi connectivity index (χ4v) is 0. The summed E-state index contributed by atoms with van der Waals surface area (Å²) >= 11 is -2.73. The summed E-state index contributed by atoms with van der Waals surface area (Å²) < 4.78 is 30.0. The Labute approximate surface area is 47.7 Å². The molecule has 0 amide bonds. The van der Waals surface area contributed by atoms with Gasteiger partial charge in [-0.15, -0.1) is 0 Å². The normalized spacial score (nSPS) is 12.9. The standard InChI is InChI=1S/CF3.2CH3.Sb/c2-1(3)4;;;/h;2*1H3;. The van der Waals surface area contributed by atoms with Gasteiger partial charge in [-0.3, -0.25) is 0 Å². The Hall–Kier alpha value is 0.608. The van der Waals surface area contributed by atoms with Gasteiger partial charge in [0.05, 0.1) is 0 Å². The number of hydrogen-bond acceptors (Lipinski definition) is 0. The summed E-state index contributed by atoms with van der Waals surface area (Å²) in [6.45, 7) is 0. The Balaban J connectivity index is 3.54. The summed E-state index contributed by atoms with van der Waals surface area (Å²) in [5.74, 6) is 0. The van der Waals surface area contributed by atoms with Crippen LogP contribution in [0.4, 0.5) is 13.2 Å². The Morgan fingerprint density at radius 2 is 1.29 bits per heavy atom. The van der Waals surface area contributed by atoms with Crippen LogP contribution in [0.5, 0.6) is 0 Å². The predicted molar refractivity (Wildman–Crippen MR) is 23.5 cm³/mol. The minimum absolute atomic E-state index is 1.31. The van der Waals surface area contributed by atoms with Crippen molar-refractivity contribution in [3.05, 3.63) is 0 Å². The molecule has 0 aliphatic heterocycles. The molecule has 0 aromatic rings. The molecule has 0 aromatic carbocycles. The van der Waals surface area contributed by atoms with E-state index in [4.69, 9.17) is 0 Å². The van der Waals surface area contributed by atoms with E-state index < -0.39 is 24.3 Å². The van der Waals surface area contributed by atoms with Crippen molar-refractivity contribution < 1.29 is 13.2 Å². The first-order chi connectivity index (χ1) is 2.94. The maximum atomic E-state index is 11.3. The van der Waals surface area contributed by atoms with Gasteiger partial charge < -0.3 is 0 Å². The Kier molecular flexibility index (Phi) is 2.45. The second kappa shape index (κ2) is 2.25. The number of halogens is 3. The minimum atomic E-state index is -3.82. The van der Waals surface area contributed by atoms with Gasteiger partial charge in [0, 0.05) is 0 Å². The monoisotopic (exact) mass is 220 g/mol. The van der Waals surface area contributed by atoms with E-state index in [2.05, 4.69) is 0 Å². The molecule has 0 radical (unpaired) electrons. The second-order valence-electron chi connectivity index (χ2n) is 1.36. The summed E-state index contributed by atoms with van der Waals surface area (Å²) in [5, 5.41) is 0. The molecule has 0 saturated carbocycles. The number of rotatable bonds is 0. The Morgan fingerprint density at radius 3 is 1.29 bits per heavy atom. The van der Waals surface area contributed by atoms with Gasteiger partial charge in [0.25, 0.3) is 0 Å². The summed E-state index contributed by atoms with van der Waals surface area (Å²) in [4.78, 5) is 2.62. The van der Waals surface area contributed by atoms with Crippen LogP contribution in [0.25, 0.3) is 0 Å². The quantitative estimate of drug-likeness (QED) is 0.547. The maximum absolute atomic E-state index is 11.3. The van der Waals surface area contributed by atoms with Gasteiger partial charge in [-0.25, -0.2) is 0 Å². The SMILES string of the molecule is [CH3][Sb]([CH3])[C](F)(F)F. The van der Waals surface area contributed by atoms with Crippen LogP contribution in [0.15, 0.2) is 0 Å². The van der Waals surface area contributed by atoms with Crippen molar-refractivity contribution in [3.63, 3.8) is 0 Å². The van der Waals surface area contributed by atoms with Crippen molar-refractivity contribution in [1.82, 2.24) is 0 Å². The third kappa shape index (κ3) is 3.21. The van der Waals surface area contributed by atoms with E-state index in [0.29, 0.717) is 0 Å². The first kappa shape index (κ1) is 7.61. The molecule has 0 spiro atoms. The summed E-state index contributed by atoms with van der Waals surface area (Å²) in [6.07, 6.45) is 0. The third-order valence-corrected chi connectivity index (χ3v) is 3.40. The van der Waals surface area contributed by atoms with Gasteiger partial charge in [0.1, 0.15) is 0 Å². The van der Waals surface area contributed by atoms with Gasteiger partial charge in [0.15, 0.2) is 0 Å². The molecule has 44 valence electrons. The molecule has 0 aliphatic carbocycles. The van der Waals surface area contributed by atoms with Gasteiger partial charge >= 0.3 is 47.2 Å². The van der Waals surface area contributed by atoms with Crippen LogP contribution in [-0.4, -0.2) is 24.3 Å². The molecule has 0 heterocycles. The zero-order valence-corrected chi connectivity index (χ0v) is 6.63. The van der Waals surface area contributed by atoms with Gasteiger partial charge in [-0.1, -0.05) is 0 Å². The van der Waals surface area contributed by atoms with Gasteiger partial charge in [-0.05, 0) is 0 Å². The van der Waals surface area contributed by atoms with Crippen LogP contribution in [0, 0.1) is 0 Å². The molecule has 0 fully saturated rings. The molecule has 0 aliphatic rings. The summed E-state index contributed by atoms with van der Waals surface area (Å²) in [6, 6.07) is 0. The van der Waals surface area contributed by atoms with E-state index >= 15 is 0 Å². The van der Waals surface area contributed by atoms with Crippen molar-refractivity contribution in [1.29, 1.82) is 0 Å². The first-order valence-corrected chi connectivity index (χ1v) is 8.07. The van der Waals surface area contributed by atoms with E-state index in [9.17, 15) is 13.2 Å². The van der Waals surface area contributed by atoms with Crippen LogP contribution < -0.4 is 0 Å². The van der Waals surface area contributed by atoms with E-state index in [1.165, 1.54) is 9.74 Å². The molecular formula is C3H6F3Sb. The topological polar surface area (TPSA) is 0 Å². The summed E-state index contributed by atoms with van der Waals surface area (Å²) in [5.41, 5.74) is 0. The van der Waals surface area contributed by atoms with Crippen molar-refractivity contribution in [2.45, 2.75) is 13.9 Å². The average molecular weight is 221 g/mol. The van der Waals surface area contributed by atoms with Crippen molar-refractivity contribution in [3.8, 4) is 0 Å². The van der Waals surface area contributed by atoms with E-state index in [1.807, 2.05) is 0 Å². The number of hydrogen-bond donors (Lipinski definition) is 0. The van der Waals surface area contributed by atoms with Crippen LogP contribution in [0.2, 0.25) is 9.74 Å². The molecule has 0 nitrogen and oxygen atoms in total. The fourth-order valence-electron chi connectivity index (χ4n) is 0. The molecule has 0 bridgehead atoms. The molecule has 0 aromatic heterocycles. The Morgan fingerprint density at radius 1 is 1.14 bits per heavy atom. The molecule has 0 atom stereocenters. The molecule has 0 rings (SSSR count). The molecular weight excluding hydrogens is 215 g/mol. The van der Waals surface area contributed by atoms with E-state index in [0.717, 1.165) is 0 Å². The van der Waals surface area contributed by atoms with Gasteiger partial charge in [-0.2, -0.15) is 0 Å². The van der Waals surface area contributed by atoms with Crippen molar-refractivity contribution in [2.24, 2.45) is 0 Å². The zero-order valence-electron chi connectivity index (χ0n) is 4.08. The van der Waals surface area contributed by atoms with Crippen LogP contribution in [0.1, 0.15) is 0 Å². The molecule has 7 heavy (non-hydrogen) atoms. The zero-order chi connectivity index (χ0) is 6.08. The van der Waals surface area contributed by atoms with Crippen LogP contribution in [-0.2, 0) is 0 Å². The second-order valence-corrected chi connectivity index (χ2v) is 7.92. The average Bonchev–Trinajstić information content (AvgIpc) is 1.31. The van der Waals surface area contributed by atoms with Crippen molar-refractivity contribution >= 4 is 20.2 Å². The molecule has 0 unspecified atom stereocenters. The van der Waals surface area contributed by atoms with E-state index in [-0.39, 0.29) is 0 Å². The molecule has 0 saturated heterocycles. The third-order valence-electron chi connectivity index (χ3n) is 0.507. The van der Waals surface area contributed by atoms with E-state index in [1.54, 1.807) is 0 Å². The molecule has 4 heteroatoms.